The van der Waals surface area contributed by atoms with Gasteiger partial charge in [-0.1, -0.05) is 54.6 Å². The Hall–Kier alpha value is -2.08. The van der Waals surface area contributed by atoms with Crippen molar-refractivity contribution in [1.82, 2.24) is 0 Å². The molecule has 0 heterocycles. The van der Waals surface area contributed by atoms with Gasteiger partial charge in [0.1, 0.15) is 0 Å². The summed E-state index contributed by atoms with van der Waals surface area (Å²) in [6, 6.07) is 23.0. The van der Waals surface area contributed by atoms with Crippen LogP contribution in [-0.2, 0) is 6.42 Å². The van der Waals surface area contributed by atoms with E-state index in [0.717, 1.165) is 6.42 Å². The van der Waals surface area contributed by atoms with E-state index in [9.17, 15) is 0 Å². The van der Waals surface area contributed by atoms with Crippen molar-refractivity contribution in [3.63, 3.8) is 0 Å². The van der Waals surface area contributed by atoms with Gasteiger partial charge in [-0.3, -0.25) is 0 Å². The highest BCUT2D eigenvalue weighted by Gasteiger charge is 2.18. The molecule has 0 nitrogen and oxygen atoms in total. The summed E-state index contributed by atoms with van der Waals surface area (Å²) in [5.74, 6) is 0. The zero-order chi connectivity index (χ0) is 11.2. The van der Waals surface area contributed by atoms with Crippen molar-refractivity contribution < 1.29 is 0 Å². The van der Waals surface area contributed by atoms with Crippen LogP contribution >= 0.6 is 0 Å². The van der Waals surface area contributed by atoms with E-state index in [1.54, 1.807) is 0 Å². The van der Waals surface area contributed by atoms with Crippen molar-refractivity contribution in [2.75, 3.05) is 0 Å². The van der Waals surface area contributed by atoms with E-state index in [0.29, 0.717) is 0 Å². The maximum atomic E-state index is 3.56. The van der Waals surface area contributed by atoms with Gasteiger partial charge in [0, 0.05) is 0 Å². The van der Waals surface area contributed by atoms with Crippen LogP contribution in [0.15, 0.2) is 54.6 Å². The summed E-state index contributed by atoms with van der Waals surface area (Å²) >= 11 is 0. The Morgan fingerprint density at radius 3 is 2.65 bits per heavy atom. The molecular weight excluding hydrogens is 204 g/mol. The van der Waals surface area contributed by atoms with Gasteiger partial charge in [0.25, 0.3) is 0 Å². The van der Waals surface area contributed by atoms with E-state index in [2.05, 4.69) is 60.7 Å². The lowest BCUT2D eigenvalue weighted by Crippen LogP contribution is -1.81. The molecule has 3 aromatic rings. The highest BCUT2D eigenvalue weighted by Crippen LogP contribution is 2.38. The van der Waals surface area contributed by atoms with Crippen molar-refractivity contribution >= 4 is 10.8 Å². The van der Waals surface area contributed by atoms with Crippen molar-refractivity contribution in [2.45, 2.75) is 6.42 Å². The lowest BCUT2D eigenvalue weighted by Gasteiger charge is -2.03. The van der Waals surface area contributed by atoms with Gasteiger partial charge in [-0.05, 0) is 45.5 Å². The molecule has 0 bridgehead atoms. The lowest BCUT2D eigenvalue weighted by atomic mass is 10.0. The molecular formula is C17H11. The monoisotopic (exact) mass is 215 g/mol. The standard InChI is InChI=1S/C17H11/c1-2-6-13-11-17-15(9-12(13)5-1)10-14-7-3-4-8-16(14)17/h1-9H,10H2. The molecule has 0 N–H and O–H groups in total. The molecule has 0 fully saturated rings. The smallest absolute Gasteiger partial charge is 0.00112 e. The third-order valence-corrected chi connectivity index (χ3v) is 3.54. The zero-order valence-electron chi connectivity index (χ0n) is 9.40. The normalized spacial score (nSPS) is 12.5. The first-order valence-corrected chi connectivity index (χ1v) is 5.94. The van der Waals surface area contributed by atoms with Crippen LogP contribution in [0.3, 0.4) is 0 Å². The van der Waals surface area contributed by atoms with Crippen LogP contribution in [0.1, 0.15) is 11.1 Å². The molecule has 3 aromatic carbocycles. The molecule has 79 valence electrons. The minimum atomic E-state index is 1.05. The van der Waals surface area contributed by atoms with E-state index >= 15 is 0 Å². The fraction of sp³-hybridized carbons (Fsp3) is 0.0588. The number of rotatable bonds is 0. The molecule has 1 aliphatic carbocycles. The SMILES string of the molecule is [c]1c2c(cc3ccccc13)Cc1ccccc1-2. The molecule has 0 heteroatoms. The summed E-state index contributed by atoms with van der Waals surface area (Å²) in [5.41, 5.74) is 5.48. The second kappa shape index (κ2) is 3.21. The van der Waals surface area contributed by atoms with Crippen LogP contribution in [0.25, 0.3) is 21.9 Å². The summed E-state index contributed by atoms with van der Waals surface area (Å²) in [6.07, 6.45) is 1.05. The fourth-order valence-corrected chi connectivity index (χ4v) is 2.71. The molecule has 0 saturated carbocycles. The van der Waals surface area contributed by atoms with Crippen LogP contribution < -0.4 is 0 Å². The lowest BCUT2D eigenvalue weighted by molar-refractivity contribution is 1.27. The summed E-state index contributed by atoms with van der Waals surface area (Å²) in [6.45, 7) is 0. The number of hydrogen-bond donors (Lipinski definition) is 0. The van der Waals surface area contributed by atoms with Crippen molar-refractivity contribution in [2.24, 2.45) is 0 Å². The molecule has 0 aromatic heterocycles. The van der Waals surface area contributed by atoms with E-state index in [1.807, 2.05) is 0 Å². The van der Waals surface area contributed by atoms with Gasteiger partial charge in [-0.2, -0.15) is 0 Å². The van der Waals surface area contributed by atoms with E-state index < -0.39 is 0 Å². The van der Waals surface area contributed by atoms with E-state index in [1.165, 1.54) is 33.0 Å². The molecule has 0 saturated heterocycles. The van der Waals surface area contributed by atoms with Crippen LogP contribution in [0, 0.1) is 6.07 Å². The Bertz CT molecular complexity index is 723. The van der Waals surface area contributed by atoms with Crippen molar-refractivity contribution in [3.8, 4) is 11.1 Å². The first kappa shape index (κ1) is 9.00. The number of hydrogen-bond acceptors (Lipinski definition) is 0. The first-order chi connectivity index (χ1) is 8.42. The first-order valence-electron chi connectivity index (χ1n) is 5.94. The van der Waals surface area contributed by atoms with Gasteiger partial charge in [-0.15, -0.1) is 0 Å². The topological polar surface area (TPSA) is 0 Å². The minimum Gasteiger partial charge on any atom is -0.0619 e. The van der Waals surface area contributed by atoms with Gasteiger partial charge in [0.2, 0.25) is 0 Å². The van der Waals surface area contributed by atoms with Crippen molar-refractivity contribution in [1.29, 1.82) is 0 Å². The highest BCUT2D eigenvalue weighted by molar-refractivity contribution is 5.90. The Labute approximate surface area is 101 Å². The largest absolute Gasteiger partial charge is 0.0619 e. The van der Waals surface area contributed by atoms with E-state index in [-0.39, 0.29) is 0 Å². The summed E-state index contributed by atoms with van der Waals surface area (Å²) in [5, 5.41) is 2.50. The fourth-order valence-electron chi connectivity index (χ4n) is 2.71. The molecule has 4 rings (SSSR count). The Morgan fingerprint density at radius 1 is 0.824 bits per heavy atom. The molecule has 0 atom stereocenters. The number of benzene rings is 3. The third-order valence-electron chi connectivity index (χ3n) is 3.54. The molecule has 0 spiro atoms. The molecule has 0 amide bonds. The second-order valence-corrected chi connectivity index (χ2v) is 4.59. The molecule has 0 aliphatic heterocycles. The van der Waals surface area contributed by atoms with Gasteiger partial charge >= 0.3 is 0 Å². The Morgan fingerprint density at radius 2 is 1.65 bits per heavy atom. The van der Waals surface area contributed by atoms with Gasteiger partial charge in [0.15, 0.2) is 0 Å². The zero-order valence-corrected chi connectivity index (χ0v) is 9.40. The average molecular weight is 215 g/mol. The summed E-state index contributed by atoms with van der Waals surface area (Å²) in [7, 11) is 0. The Kier molecular flexibility index (Phi) is 1.70. The predicted octanol–water partition coefficient (Wildman–Crippen LogP) is 4.21. The second-order valence-electron chi connectivity index (χ2n) is 4.59. The number of fused-ring (bicyclic) bond motifs is 4. The average Bonchev–Trinajstić information content (AvgIpc) is 2.73. The maximum absolute atomic E-state index is 3.56. The van der Waals surface area contributed by atoms with Crippen LogP contribution in [0.2, 0.25) is 0 Å². The summed E-state index contributed by atoms with van der Waals surface area (Å²) < 4.78 is 0. The molecule has 0 unspecified atom stereocenters. The van der Waals surface area contributed by atoms with Gasteiger partial charge in [0.05, 0.1) is 0 Å². The van der Waals surface area contributed by atoms with Crippen LogP contribution in [-0.4, -0.2) is 0 Å². The summed E-state index contributed by atoms with van der Waals surface area (Å²) in [4.78, 5) is 0. The van der Waals surface area contributed by atoms with Gasteiger partial charge < -0.3 is 0 Å². The quantitative estimate of drug-likeness (QED) is 0.412. The van der Waals surface area contributed by atoms with Gasteiger partial charge in [-0.25, -0.2) is 0 Å². The Balaban J connectivity index is 2.07. The molecule has 1 radical (unpaired) electrons. The third kappa shape index (κ3) is 1.24. The highest BCUT2D eigenvalue weighted by atomic mass is 14.2. The molecule has 1 aliphatic rings. The minimum absolute atomic E-state index is 1.05. The maximum Gasteiger partial charge on any atom is -0.00112 e. The predicted molar refractivity (Wildman–Crippen MR) is 71.0 cm³/mol. The van der Waals surface area contributed by atoms with E-state index in [4.69, 9.17) is 0 Å². The molecule has 17 heavy (non-hydrogen) atoms. The van der Waals surface area contributed by atoms with Crippen LogP contribution in [0.4, 0.5) is 0 Å². The van der Waals surface area contributed by atoms with Crippen LogP contribution in [0.5, 0.6) is 0 Å². The van der Waals surface area contributed by atoms with Crippen molar-refractivity contribution in [3.05, 3.63) is 71.8 Å².